The summed E-state index contributed by atoms with van der Waals surface area (Å²) in [6.45, 7) is 8.92. The van der Waals surface area contributed by atoms with Gasteiger partial charge in [0, 0.05) is 28.7 Å². The highest BCUT2D eigenvalue weighted by atomic mass is 16.2. The van der Waals surface area contributed by atoms with Gasteiger partial charge in [0.25, 0.3) is 5.91 Å². The minimum absolute atomic E-state index is 0.0477. The van der Waals surface area contributed by atoms with Crippen molar-refractivity contribution < 1.29 is 19.4 Å². The van der Waals surface area contributed by atoms with E-state index in [1.54, 1.807) is 53.4 Å². The molecule has 0 saturated heterocycles. The lowest BCUT2D eigenvalue weighted by Gasteiger charge is -2.25. The molecule has 11 nitrogen and oxygen atoms in total. The Bertz CT molecular complexity index is 1410. The molecule has 0 aromatic heterocycles. The average molecular weight is 544 g/mol. The molecule has 3 rings (SSSR count). The van der Waals surface area contributed by atoms with E-state index in [0.29, 0.717) is 29.0 Å². The monoisotopic (exact) mass is 543 g/mol. The second-order valence-corrected chi connectivity index (χ2v) is 10.0. The largest absolute Gasteiger partial charge is 0.414 e. The van der Waals surface area contributed by atoms with Crippen molar-refractivity contribution in [2.45, 2.75) is 39.7 Å². The highest BCUT2D eigenvalue weighted by Crippen LogP contribution is 2.26. The Morgan fingerprint density at radius 3 is 2.23 bits per heavy atom. The summed E-state index contributed by atoms with van der Waals surface area (Å²) >= 11 is 0. The molecule has 0 fully saturated rings. The van der Waals surface area contributed by atoms with Gasteiger partial charge in [0.2, 0.25) is 0 Å². The van der Waals surface area contributed by atoms with Crippen molar-refractivity contribution in [3.63, 3.8) is 0 Å². The summed E-state index contributed by atoms with van der Waals surface area (Å²) in [6.07, 6.45) is 0. The van der Waals surface area contributed by atoms with Crippen molar-refractivity contribution >= 4 is 35.2 Å². The van der Waals surface area contributed by atoms with E-state index in [1.807, 2.05) is 31.2 Å². The average Bonchev–Trinajstić information content (AvgIpc) is 2.92. The minimum atomic E-state index is -0.476. The van der Waals surface area contributed by atoms with Gasteiger partial charge in [-0.3, -0.25) is 26.1 Å². The van der Waals surface area contributed by atoms with Crippen LogP contribution in [0.4, 0.5) is 16.2 Å². The van der Waals surface area contributed by atoms with Gasteiger partial charge in [-0.05, 0) is 65.9 Å². The standard InChI is InChI=1S/C29H34N8O3/c1-5-32-25(38)21-7-6-8-23(17-21)33-28(40)37(24-15-13-22(14-16-24)29(2,3)4)18-19-9-11-20(12-10-19)26(39)34-27(30)35-36-31/h6-17H,5,18H2,1-4H3,(H,32,38)(H,33,40)(H4,30,31,34,35,39)/p+1. The topological polar surface area (TPSA) is 169 Å². The Hall–Kier alpha value is -5.06. The summed E-state index contributed by atoms with van der Waals surface area (Å²) in [6, 6.07) is 20.9. The first-order chi connectivity index (χ1) is 19.0. The van der Waals surface area contributed by atoms with Gasteiger partial charge < -0.3 is 10.6 Å². The van der Waals surface area contributed by atoms with E-state index in [1.165, 1.54) is 0 Å². The number of carbonyl (C=O) groups excluding carboxylic acids is 3. The van der Waals surface area contributed by atoms with Crippen molar-refractivity contribution in [2.24, 2.45) is 21.9 Å². The molecule has 40 heavy (non-hydrogen) atoms. The van der Waals surface area contributed by atoms with Crippen LogP contribution in [-0.4, -0.2) is 30.3 Å². The Balaban J connectivity index is 1.89. The van der Waals surface area contributed by atoms with E-state index in [4.69, 9.17) is 11.6 Å². The molecule has 0 atom stereocenters. The van der Waals surface area contributed by atoms with Crippen LogP contribution in [0.15, 0.2) is 83.1 Å². The minimum Gasteiger partial charge on any atom is -0.352 e. The third-order valence-electron chi connectivity index (χ3n) is 5.97. The number of carbonyl (C=O) groups is 3. The van der Waals surface area contributed by atoms with E-state index in [0.717, 1.165) is 11.1 Å². The Morgan fingerprint density at radius 2 is 1.62 bits per heavy atom. The van der Waals surface area contributed by atoms with Crippen LogP contribution in [-0.2, 0) is 12.0 Å². The van der Waals surface area contributed by atoms with Gasteiger partial charge in [-0.1, -0.05) is 51.1 Å². The number of amides is 4. The quantitative estimate of drug-likeness (QED) is 0.101. The summed E-state index contributed by atoms with van der Waals surface area (Å²) in [7, 11) is 0. The zero-order chi connectivity index (χ0) is 29.3. The molecule has 0 unspecified atom stereocenters. The van der Waals surface area contributed by atoms with Gasteiger partial charge in [-0.2, -0.15) is 0 Å². The lowest BCUT2D eigenvalue weighted by atomic mass is 9.87. The summed E-state index contributed by atoms with van der Waals surface area (Å²) in [5.41, 5.74) is 9.34. The molecule has 208 valence electrons. The number of hydrogen-bond donors (Lipinski definition) is 5. The van der Waals surface area contributed by atoms with Crippen LogP contribution in [0.3, 0.4) is 0 Å². The van der Waals surface area contributed by atoms with Crippen molar-refractivity contribution in [3.8, 4) is 0 Å². The number of guanidine groups is 1. The lowest BCUT2D eigenvalue weighted by Crippen LogP contribution is -2.79. The summed E-state index contributed by atoms with van der Waals surface area (Å²) in [5.74, 6) is 4.02. The van der Waals surface area contributed by atoms with Crippen molar-refractivity contribution in [1.29, 1.82) is 0 Å². The second-order valence-electron chi connectivity index (χ2n) is 10.0. The maximum atomic E-state index is 13.6. The molecule has 0 aliphatic heterocycles. The molecule has 3 aromatic rings. The lowest BCUT2D eigenvalue weighted by molar-refractivity contribution is -0.347. The third kappa shape index (κ3) is 7.97. The maximum Gasteiger partial charge on any atom is 0.414 e. The predicted molar refractivity (Wildman–Crippen MR) is 155 cm³/mol. The molecule has 0 spiro atoms. The van der Waals surface area contributed by atoms with Gasteiger partial charge in [-0.15, -0.1) is 0 Å². The number of rotatable bonds is 7. The normalized spacial score (nSPS) is 11.8. The first-order valence-corrected chi connectivity index (χ1v) is 12.7. The van der Waals surface area contributed by atoms with E-state index in [9.17, 15) is 14.4 Å². The first kappa shape index (κ1) is 29.5. The van der Waals surface area contributed by atoms with Crippen LogP contribution in [0, 0.1) is 0 Å². The predicted octanol–water partition coefficient (Wildman–Crippen LogP) is 2.83. The fraction of sp³-hybridized carbons (Fsp3) is 0.241. The van der Waals surface area contributed by atoms with E-state index >= 15 is 0 Å². The molecule has 0 heterocycles. The zero-order valence-electron chi connectivity index (χ0n) is 23.1. The Morgan fingerprint density at radius 1 is 0.950 bits per heavy atom. The van der Waals surface area contributed by atoms with Crippen molar-refractivity contribution in [2.75, 3.05) is 16.8 Å². The fourth-order valence-electron chi connectivity index (χ4n) is 3.83. The molecule has 0 saturated carbocycles. The summed E-state index contributed by atoms with van der Waals surface area (Å²) in [4.78, 5) is 42.2. The third-order valence-corrected chi connectivity index (χ3v) is 5.97. The molecule has 0 aliphatic rings. The van der Waals surface area contributed by atoms with Gasteiger partial charge >= 0.3 is 17.9 Å². The molecule has 7 N–H and O–H groups in total. The smallest absolute Gasteiger partial charge is 0.352 e. The summed E-state index contributed by atoms with van der Waals surface area (Å²) in [5, 5.41) is 12.1. The zero-order valence-corrected chi connectivity index (χ0v) is 23.1. The Labute approximate surface area is 233 Å². The molecular formula is C29H35N8O3+. The van der Waals surface area contributed by atoms with Crippen LogP contribution in [0.25, 0.3) is 0 Å². The van der Waals surface area contributed by atoms with Crippen molar-refractivity contribution in [3.05, 3.63) is 95.1 Å². The highest BCUT2D eigenvalue weighted by Gasteiger charge is 2.20. The fourth-order valence-corrected chi connectivity index (χ4v) is 3.83. The highest BCUT2D eigenvalue weighted by molar-refractivity contribution is 6.03. The molecular weight excluding hydrogens is 508 g/mol. The van der Waals surface area contributed by atoms with Crippen LogP contribution >= 0.6 is 0 Å². The molecule has 3 aromatic carbocycles. The van der Waals surface area contributed by atoms with Gasteiger partial charge in [0.05, 0.1) is 17.2 Å². The van der Waals surface area contributed by atoms with E-state index < -0.39 is 5.91 Å². The number of urea groups is 1. The van der Waals surface area contributed by atoms with Crippen LogP contribution < -0.4 is 32.1 Å². The molecule has 11 heteroatoms. The van der Waals surface area contributed by atoms with Crippen LogP contribution in [0.1, 0.15) is 59.5 Å². The van der Waals surface area contributed by atoms with Crippen LogP contribution in [0.2, 0.25) is 0 Å². The number of nitrogens with two attached hydrogens (primary N) is 2. The molecule has 0 radical (unpaired) electrons. The Kier molecular flexibility index (Phi) is 9.69. The first-order valence-electron chi connectivity index (χ1n) is 12.7. The number of anilines is 2. The number of nitrogens with zero attached hydrogens (tertiary/aromatic N) is 3. The van der Waals surface area contributed by atoms with E-state index in [-0.39, 0.29) is 29.9 Å². The van der Waals surface area contributed by atoms with Crippen molar-refractivity contribution in [1.82, 2.24) is 5.32 Å². The molecule has 0 aliphatic carbocycles. The van der Waals surface area contributed by atoms with Gasteiger partial charge in [0.15, 0.2) is 0 Å². The maximum absolute atomic E-state index is 13.6. The molecule has 4 amide bonds. The number of benzene rings is 3. The SMILES string of the molecule is CCNC(=O)c1cccc(NC(=O)N(Cc2ccc(C(=O)[NH+]=C(N)/N=N\N)cc2)c2ccc(C(C)(C)C)cc2)c1. The van der Waals surface area contributed by atoms with E-state index in [2.05, 4.69) is 46.7 Å². The number of nitrogens with one attached hydrogen (secondary N) is 3. The number of hydrogen-bond acceptors (Lipinski definition) is 4. The van der Waals surface area contributed by atoms with Crippen LogP contribution in [0.5, 0.6) is 0 Å². The molecule has 0 bridgehead atoms. The second kappa shape index (κ2) is 13.1. The summed E-state index contributed by atoms with van der Waals surface area (Å²) < 4.78 is 0. The van der Waals surface area contributed by atoms with Gasteiger partial charge in [0.1, 0.15) is 0 Å². The van der Waals surface area contributed by atoms with Gasteiger partial charge in [-0.25, -0.2) is 9.79 Å².